The van der Waals surface area contributed by atoms with Gasteiger partial charge < -0.3 is 25.0 Å². The Bertz CT molecular complexity index is 548. The number of hydrogen-bond donors (Lipinski definition) is 3. The maximum absolute atomic E-state index is 12.5. The average Bonchev–Trinajstić information content (AvgIpc) is 3.03. The van der Waals surface area contributed by atoms with Crippen LogP contribution in [0, 0.1) is 5.92 Å². The second-order valence-electron chi connectivity index (χ2n) is 7.63. The zero-order valence-electron chi connectivity index (χ0n) is 15.0. The standard InChI is InChI=1S/C17H29N3O4/c1-16(2,11-21)13-9-14(20-24-13)19-15(22)17(3,4)18-10-12-5-7-23-8-6-12/h9,12,18,21H,5-8,10-11H2,1-4H3,(H,19,20,22). The number of aromatic nitrogens is 1. The molecule has 1 aliphatic heterocycles. The maximum Gasteiger partial charge on any atom is 0.245 e. The summed E-state index contributed by atoms with van der Waals surface area (Å²) in [5, 5.41) is 19.3. The molecule has 2 rings (SSSR count). The van der Waals surface area contributed by atoms with E-state index >= 15 is 0 Å². The van der Waals surface area contributed by atoms with Crippen molar-refractivity contribution in [1.82, 2.24) is 10.5 Å². The van der Waals surface area contributed by atoms with Gasteiger partial charge in [0.15, 0.2) is 5.82 Å². The smallest absolute Gasteiger partial charge is 0.245 e. The number of rotatable bonds is 7. The van der Waals surface area contributed by atoms with E-state index in [0.717, 1.165) is 32.6 Å². The van der Waals surface area contributed by atoms with Crippen molar-refractivity contribution in [3.8, 4) is 0 Å². The van der Waals surface area contributed by atoms with Crippen LogP contribution in [0.1, 0.15) is 46.3 Å². The number of aliphatic hydroxyl groups is 1. The van der Waals surface area contributed by atoms with E-state index in [0.29, 0.717) is 17.5 Å². The van der Waals surface area contributed by atoms with Gasteiger partial charge in [-0.3, -0.25) is 4.79 Å². The number of hydrogen-bond acceptors (Lipinski definition) is 6. The lowest BCUT2D eigenvalue weighted by Crippen LogP contribution is -2.51. The van der Waals surface area contributed by atoms with Crippen molar-refractivity contribution in [2.24, 2.45) is 5.92 Å². The monoisotopic (exact) mass is 339 g/mol. The molecular weight excluding hydrogens is 310 g/mol. The van der Waals surface area contributed by atoms with Crippen LogP contribution in [-0.4, -0.2) is 48.1 Å². The van der Waals surface area contributed by atoms with E-state index in [-0.39, 0.29) is 12.5 Å². The molecule has 136 valence electrons. The first-order valence-corrected chi connectivity index (χ1v) is 8.47. The second-order valence-corrected chi connectivity index (χ2v) is 7.63. The van der Waals surface area contributed by atoms with Crippen molar-refractivity contribution < 1.29 is 19.2 Å². The van der Waals surface area contributed by atoms with Crippen LogP contribution in [0.4, 0.5) is 5.82 Å². The predicted molar refractivity (Wildman–Crippen MR) is 90.9 cm³/mol. The van der Waals surface area contributed by atoms with Gasteiger partial charge in [-0.1, -0.05) is 19.0 Å². The number of carbonyl (C=O) groups excluding carboxylic acids is 1. The molecule has 7 heteroatoms. The van der Waals surface area contributed by atoms with Crippen molar-refractivity contribution in [3.63, 3.8) is 0 Å². The van der Waals surface area contributed by atoms with Gasteiger partial charge >= 0.3 is 0 Å². The third-order valence-corrected chi connectivity index (χ3v) is 4.56. The SMILES string of the molecule is CC(C)(NCC1CCOCC1)C(=O)Nc1cc(C(C)(C)CO)on1. The van der Waals surface area contributed by atoms with Gasteiger partial charge in [-0.25, -0.2) is 0 Å². The van der Waals surface area contributed by atoms with Gasteiger partial charge in [0.1, 0.15) is 5.76 Å². The van der Waals surface area contributed by atoms with Gasteiger partial charge in [0.05, 0.1) is 12.1 Å². The number of aliphatic hydroxyl groups excluding tert-OH is 1. The molecule has 0 saturated carbocycles. The van der Waals surface area contributed by atoms with Gasteiger partial charge in [0, 0.05) is 24.7 Å². The van der Waals surface area contributed by atoms with Crippen molar-refractivity contribution in [2.75, 3.05) is 31.7 Å². The van der Waals surface area contributed by atoms with Crippen molar-refractivity contribution in [3.05, 3.63) is 11.8 Å². The molecule has 0 aromatic carbocycles. The third kappa shape index (κ3) is 4.78. The van der Waals surface area contributed by atoms with Crippen LogP contribution in [0.5, 0.6) is 0 Å². The van der Waals surface area contributed by atoms with Gasteiger partial charge in [-0.05, 0) is 39.2 Å². The van der Waals surface area contributed by atoms with Crippen LogP contribution >= 0.6 is 0 Å². The van der Waals surface area contributed by atoms with E-state index in [4.69, 9.17) is 9.26 Å². The Morgan fingerprint density at radius 2 is 2.00 bits per heavy atom. The number of ether oxygens (including phenoxy) is 1. The maximum atomic E-state index is 12.5. The molecule has 0 aliphatic carbocycles. The average molecular weight is 339 g/mol. The third-order valence-electron chi connectivity index (χ3n) is 4.56. The Balaban J connectivity index is 1.90. The fourth-order valence-corrected chi connectivity index (χ4v) is 2.43. The summed E-state index contributed by atoms with van der Waals surface area (Å²) in [6.07, 6.45) is 2.04. The molecule has 1 aromatic heterocycles. The lowest BCUT2D eigenvalue weighted by Gasteiger charge is -2.29. The first-order chi connectivity index (χ1) is 11.2. The summed E-state index contributed by atoms with van der Waals surface area (Å²) in [5.41, 5.74) is -1.25. The molecule has 0 radical (unpaired) electrons. The van der Waals surface area contributed by atoms with E-state index in [9.17, 15) is 9.90 Å². The first kappa shape index (κ1) is 18.9. The molecule has 1 fully saturated rings. The van der Waals surface area contributed by atoms with E-state index in [1.54, 1.807) is 6.07 Å². The lowest BCUT2D eigenvalue weighted by atomic mass is 9.92. The summed E-state index contributed by atoms with van der Waals surface area (Å²) in [4.78, 5) is 12.5. The van der Waals surface area contributed by atoms with Crippen LogP contribution in [0.2, 0.25) is 0 Å². The van der Waals surface area contributed by atoms with Crippen LogP contribution in [0.3, 0.4) is 0 Å². The van der Waals surface area contributed by atoms with E-state index in [1.807, 2.05) is 27.7 Å². The highest BCUT2D eigenvalue weighted by atomic mass is 16.5. The Labute approximate surface area is 143 Å². The largest absolute Gasteiger partial charge is 0.395 e. The number of amides is 1. The molecule has 1 saturated heterocycles. The van der Waals surface area contributed by atoms with Gasteiger partial charge in [0.2, 0.25) is 5.91 Å². The minimum Gasteiger partial charge on any atom is -0.395 e. The van der Waals surface area contributed by atoms with Crippen LogP contribution in [0.15, 0.2) is 10.6 Å². The fourth-order valence-electron chi connectivity index (χ4n) is 2.43. The Hall–Kier alpha value is -1.44. The second kappa shape index (κ2) is 7.63. The minimum absolute atomic E-state index is 0.0618. The molecule has 1 aromatic rings. The first-order valence-electron chi connectivity index (χ1n) is 8.47. The van der Waals surface area contributed by atoms with Crippen LogP contribution in [0.25, 0.3) is 0 Å². The normalized spacial score (nSPS) is 17.0. The number of anilines is 1. The molecule has 0 bridgehead atoms. The minimum atomic E-state index is -0.718. The Morgan fingerprint density at radius 3 is 2.62 bits per heavy atom. The summed E-state index contributed by atoms with van der Waals surface area (Å²) < 4.78 is 10.6. The van der Waals surface area contributed by atoms with Crippen molar-refractivity contribution in [1.29, 1.82) is 0 Å². The van der Waals surface area contributed by atoms with Crippen LogP contribution in [-0.2, 0) is 14.9 Å². The van der Waals surface area contributed by atoms with Gasteiger partial charge in [-0.2, -0.15) is 0 Å². The molecule has 1 amide bonds. The highest BCUT2D eigenvalue weighted by molar-refractivity contribution is 5.96. The topological polar surface area (TPSA) is 96.6 Å². The molecule has 0 unspecified atom stereocenters. The molecule has 0 spiro atoms. The Kier molecular flexibility index (Phi) is 6.01. The van der Waals surface area contributed by atoms with Crippen molar-refractivity contribution >= 4 is 11.7 Å². The van der Waals surface area contributed by atoms with Crippen molar-refractivity contribution in [2.45, 2.75) is 51.5 Å². The molecule has 7 nitrogen and oxygen atoms in total. The lowest BCUT2D eigenvalue weighted by molar-refractivity contribution is -0.121. The highest BCUT2D eigenvalue weighted by Crippen LogP contribution is 2.25. The molecule has 0 atom stereocenters. The summed E-state index contributed by atoms with van der Waals surface area (Å²) in [6.45, 7) is 9.69. The molecule has 1 aliphatic rings. The number of carbonyl (C=O) groups is 1. The quantitative estimate of drug-likeness (QED) is 0.699. The van der Waals surface area contributed by atoms with Crippen LogP contribution < -0.4 is 10.6 Å². The molecular formula is C17H29N3O4. The fraction of sp³-hybridized carbons (Fsp3) is 0.765. The summed E-state index contributed by atoms with van der Waals surface area (Å²) >= 11 is 0. The zero-order valence-corrected chi connectivity index (χ0v) is 15.0. The highest BCUT2D eigenvalue weighted by Gasteiger charge is 2.30. The molecule has 3 N–H and O–H groups in total. The predicted octanol–water partition coefficient (Wildman–Crippen LogP) is 1.68. The van der Waals surface area contributed by atoms with E-state index in [1.165, 1.54) is 0 Å². The Morgan fingerprint density at radius 1 is 1.33 bits per heavy atom. The molecule has 24 heavy (non-hydrogen) atoms. The molecule has 2 heterocycles. The summed E-state index contributed by atoms with van der Waals surface area (Å²) in [6, 6.07) is 1.66. The number of nitrogens with one attached hydrogen (secondary N) is 2. The van der Waals surface area contributed by atoms with Gasteiger partial charge in [0.25, 0.3) is 0 Å². The summed E-state index contributed by atoms with van der Waals surface area (Å²) in [5.74, 6) is 1.26. The zero-order chi connectivity index (χ0) is 17.8. The van der Waals surface area contributed by atoms with E-state index in [2.05, 4.69) is 15.8 Å². The van der Waals surface area contributed by atoms with Gasteiger partial charge in [-0.15, -0.1) is 0 Å². The van der Waals surface area contributed by atoms with E-state index < -0.39 is 11.0 Å². The number of nitrogens with zero attached hydrogens (tertiary/aromatic N) is 1. The summed E-state index contributed by atoms with van der Waals surface area (Å²) in [7, 11) is 0.